The van der Waals surface area contributed by atoms with E-state index in [1.54, 1.807) is 7.05 Å². The largest absolute Gasteiger partial charge is 0.465 e. The predicted octanol–water partition coefficient (Wildman–Crippen LogP) is 2.46. The fourth-order valence-corrected chi connectivity index (χ4v) is 3.24. The SMILES string of the molecule is CN(C(=O)O)C1CCC2(CC1)CC(C#N)C2. The molecule has 2 aliphatic rings. The molecule has 4 nitrogen and oxygen atoms in total. The summed E-state index contributed by atoms with van der Waals surface area (Å²) in [6, 6.07) is 2.51. The first-order valence-electron chi connectivity index (χ1n) is 5.92. The van der Waals surface area contributed by atoms with Gasteiger partial charge in [-0.3, -0.25) is 0 Å². The van der Waals surface area contributed by atoms with Gasteiger partial charge in [0.2, 0.25) is 0 Å². The van der Waals surface area contributed by atoms with Crippen molar-refractivity contribution in [2.75, 3.05) is 7.05 Å². The maximum absolute atomic E-state index is 10.8. The van der Waals surface area contributed by atoms with Crippen LogP contribution in [0.15, 0.2) is 0 Å². The Labute approximate surface area is 95.9 Å². The Morgan fingerprint density at radius 3 is 2.44 bits per heavy atom. The zero-order valence-corrected chi connectivity index (χ0v) is 9.65. The average molecular weight is 222 g/mol. The molecule has 0 aliphatic heterocycles. The average Bonchev–Trinajstić information content (AvgIpc) is 2.25. The quantitative estimate of drug-likeness (QED) is 0.741. The topological polar surface area (TPSA) is 64.3 Å². The molecule has 2 saturated carbocycles. The van der Waals surface area contributed by atoms with E-state index in [2.05, 4.69) is 6.07 Å². The van der Waals surface area contributed by atoms with E-state index >= 15 is 0 Å². The molecule has 16 heavy (non-hydrogen) atoms. The molecule has 0 heterocycles. The van der Waals surface area contributed by atoms with Crippen LogP contribution in [0, 0.1) is 22.7 Å². The zero-order chi connectivity index (χ0) is 11.8. The van der Waals surface area contributed by atoms with Crippen molar-refractivity contribution in [1.29, 1.82) is 5.26 Å². The Morgan fingerprint density at radius 1 is 1.44 bits per heavy atom. The standard InChI is InChI=1S/C12H18N2O2/c1-14(11(15)16)10-2-4-12(5-3-10)6-9(7-12)8-13/h9-10H,2-7H2,1H3,(H,15,16). The van der Waals surface area contributed by atoms with E-state index in [1.807, 2.05) is 0 Å². The van der Waals surface area contributed by atoms with Crippen LogP contribution in [0.3, 0.4) is 0 Å². The first-order chi connectivity index (χ1) is 7.56. The van der Waals surface area contributed by atoms with Gasteiger partial charge in [0.05, 0.1) is 6.07 Å². The predicted molar refractivity (Wildman–Crippen MR) is 58.8 cm³/mol. The van der Waals surface area contributed by atoms with Crippen molar-refractivity contribution in [3.05, 3.63) is 0 Å². The molecule has 0 bridgehead atoms. The van der Waals surface area contributed by atoms with Crippen LogP contribution < -0.4 is 0 Å². The smallest absolute Gasteiger partial charge is 0.407 e. The van der Waals surface area contributed by atoms with E-state index in [0.29, 0.717) is 5.41 Å². The Bertz CT molecular complexity index is 318. The van der Waals surface area contributed by atoms with E-state index in [4.69, 9.17) is 10.4 Å². The van der Waals surface area contributed by atoms with Gasteiger partial charge >= 0.3 is 6.09 Å². The molecule has 88 valence electrons. The van der Waals surface area contributed by atoms with Crippen LogP contribution in [-0.2, 0) is 0 Å². The van der Waals surface area contributed by atoms with Crippen LogP contribution in [0.25, 0.3) is 0 Å². The summed E-state index contributed by atoms with van der Waals surface area (Å²) in [7, 11) is 1.66. The molecule has 1 N–H and O–H groups in total. The highest BCUT2D eigenvalue weighted by Gasteiger charge is 2.46. The summed E-state index contributed by atoms with van der Waals surface area (Å²) in [6.45, 7) is 0. The minimum absolute atomic E-state index is 0.185. The number of carbonyl (C=O) groups is 1. The second kappa shape index (κ2) is 3.97. The Kier molecular flexibility index (Phi) is 2.79. The summed E-state index contributed by atoms with van der Waals surface area (Å²) < 4.78 is 0. The van der Waals surface area contributed by atoms with E-state index in [-0.39, 0.29) is 12.0 Å². The second-order valence-corrected chi connectivity index (χ2v) is 5.36. The van der Waals surface area contributed by atoms with Crippen molar-refractivity contribution in [2.24, 2.45) is 11.3 Å². The second-order valence-electron chi connectivity index (χ2n) is 5.36. The van der Waals surface area contributed by atoms with E-state index in [9.17, 15) is 4.79 Å². The molecular formula is C12H18N2O2. The molecule has 2 fully saturated rings. The molecule has 0 aromatic carbocycles. The number of nitriles is 1. The van der Waals surface area contributed by atoms with Gasteiger partial charge in [-0.25, -0.2) is 4.79 Å². The zero-order valence-electron chi connectivity index (χ0n) is 9.65. The lowest BCUT2D eigenvalue weighted by molar-refractivity contribution is 0.0135. The van der Waals surface area contributed by atoms with Crippen LogP contribution in [0.2, 0.25) is 0 Å². The lowest BCUT2D eigenvalue weighted by Crippen LogP contribution is -2.45. The van der Waals surface area contributed by atoms with Crippen LogP contribution in [-0.4, -0.2) is 29.2 Å². The highest BCUT2D eigenvalue weighted by atomic mass is 16.4. The van der Waals surface area contributed by atoms with Crippen molar-refractivity contribution >= 4 is 6.09 Å². The Balaban J connectivity index is 1.84. The molecule has 2 aliphatic carbocycles. The Morgan fingerprint density at radius 2 is 2.00 bits per heavy atom. The summed E-state index contributed by atoms with van der Waals surface area (Å²) >= 11 is 0. The molecular weight excluding hydrogens is 204 g/mol. The summed E-state index contributed by atoms with van der Waals surface area (Å²) in [5.41, 5.74) is 0.385. The van der Waals surface area contributed by atoms with Gasteiger partial charge in [-0.1, -0.05) is 0 Å². The number of hydrogen-bond acceptors (Lipinski definition) is 2. The highest BCUT2D eigenvalue weighted by Crippen LogP contribution is 2.54. The molecule has 0 radical (unpaired) electrons. The van der Waals surface area contributed by atoms with Crippen molar-refractivity contribution in [3.8, 4) is 6.07 Å². The molecule has 0 aromatic rings. The van der Waals surface area contributed by atoms with Gasteiger partial charge in [0, 0.05) is 19.0 Å². The van der Waals surface area contributed by atoms with Gasteiger partial charge in [-0.15, -0.1) is 0 Å². The summed E-state index contributed by atoms with van der Waals surface area (Å²) in [6.07, 6.45) is 5.34. The third-order valence-electron chi connectivity index (χ3n) is 4.41. The van der Waals surface area contributed by atoms with Gasteiger partial charge in [0.25, 0.3) is 0 Å². The van der Waals surface area contributed by atoms with Crippen LogP contribution >= 0.6 is 0 Å². The molecule has 4 heteroatoms. The van der Waals surface area contributed by atoms with E-state index < -0.39 is 6.09 Å². The molecule has 0 saturated heterocycles. The van der Waals surface area contributed by atoms with Crippen molar-refractivity contribution < 1.29 is 9.90 Å². The number of amides is 1. The monoisotopic (exact) mass is 222 g/mol. The highest BCUT2D eigenvalue weighted by molar-refractivity contribution is 5.64. The number of carboxylic acid groups (broad SMARTS) is 1. The van der Waals surface area contributed by atoms with Crippen molar-refractivity contribution in [2.45, 2.75) is 44.6 Å². The molecule has 2 rings (SSSR count). The summed E-state index contributed by atoms with van der Waals surface area (Å²) in [4.78, 5) is 12.3. The molecule has 1 amide bonds. The number of nitrogens with zero attached hydrogens (tertiary/aromatic N) is 2. The minimum Gasteiger partial charge on any atom is -0.465 e. The minimum atomic E-state index is -0.829. The maximum atomic E-state index is 10.8. The third-order valence-corrected chi connectivity index (χ3v) is 4.41. The lowest BCUT2D eigenvalue weighted by atomic mass is 9.55. The van der Waals surface area contributed by atoms with Crippen molar-refractivity contribution in [1.82, 2.24) is 4.90 Å². The van der Waals surface area contributed by atoms with Gasteiger partial charge in [0.15, 0.2) is 0 Å². The van der Waals surface area contributed by atoms with E-state index in [1.165, 1.54) is 4.90 Å². The van der Waals surface area contributed by atoms with Crippen molar-refractivity contribution in [3.63, 3.8) is 0 Å². The number of hydrogen-bond donors (Lipinski definition) is 1. The molecule has 0 atom stereocenters. The Hall–Kier alpha value is -1.24. The third kappa shape index (κ3) is 1.87. The van der Waals surface area contributed by atoms with Gasteiger partial charge in [-0.05, 0) is 43.9 Å². The fourth-order valence-electron chi connectivity index (χ4n) is 3.24. The van der Waals surface area contributed by atoms with Crippen LogP contribution in [0.4, 0.5) is 4.79 Å². The van der Waals surface area contributed by atoms with Crippen LogP contribution in [0.5, 0.6) is 0 Å². The molecule has 1 spiro atoms. The summed E-state index contributed by atoms with van der Waals surface area (Å²) in [5.74, 6) is 0.258. The van der Waals surface area contributed by atoms with Gasteiger partial charge in [0.1, 0.15) is 0 Å². The molecule has 0 aromatic heterocycles. The normalized spacial score (nSPS) is 37.5. The number of rotatable bonds is 1. The first-order valence-corrected chi connectivity index (χ1v) is 5.92. The lowest BCUT2D eigenvalue weighted by Gasteiger charge is -2.50. The fraction of sp³-hybridized carbons (Fsp3) is 0.833. The van der Waals surface area contributed by atoms with E-state index in [0.717, 1.165) is 38.5 Å². The molecule has 0 unspecified atom stereocenters. The van der Waals surface area contributed by atoms with Gasteiger partial charge < -0.3 is 10.0 Å². The maximum Gasteiger partial charge on any atom is 0.407 e. The first kappa shape index (κ1) is 11.3. The summed E-state index contributed by atoms with van der Waals surface area (Å²) in [5, 5.41) is 17.7. The van der Waals surface area contributed by atoms with Crippen LogP contribution in [0.1, 0.15) is 38.5 Å². The van der Waals surface area contributed by atoms with Gasteiger partial charge in [-0.2, -0.15) is 5.26 Å².